The number of nitro groups is 1. The van der Waals surface area contributed by atoms with Gasteiger partial charge in [-0.05, 0) is 42.2 Å². The number of hydrogen-bond acceptors (Lipinski definition) is 4. The maximum absolute atomic E-state index is 12.5. The molecule has 0 aliphatic carbocycles. The minimum atomic E-state index is -0.608. The van der Waals surface area contributed by atoms with E-state index in [2.05, 4.69) is 19.2 Å². The Kier molecular flexibility index (Phi) is 5.52. The number of anilines is 1. The van der Waals surface area contributed by atoms with Gasteiger partial charge < -0.3 is 10.1 Å². The number of benzene rings is 2. The molecule has 0 saturated carbocycles. The molecule has 2 aromatic carbocycles. The number of rotatable bonds is 6. The van der Waals surface area contributed by atoms with Gasteiger partial charge in [0.1, 0.15) is 5.56 Å². The summed E-state index contributed by atoms with van der Waals surface area (Å²) in [5.74, 6) is 0.0129. The van der Waals surface area contributed by atoms with Crippen molar-refractivity contribution in [2.75, 3.05) is 12.4 Å². The van der Waals surface area contributed by atoms with Gasteiger partial charge >= 0.3 is 5.69 Å². The van der Waals surface area contributed by atoms with Crippen LogP contribution in [-0.2, 0) is 6.42 Å². The third-order valence-corrected chi connectivity index (χ3v) is 3.47. The van der Waals surface area contributed by atoms with Gasteiger partial charge in [-0.2, -0.15) is 0 Å². The highest BCUT2D eigenvalue weighted by molar-refractivity contribution is 6.07. The van der Waals surface area contributed by atoms with Crippen molar-refractivity contribution in [2.45, 2.75) is 20.3 Å². The lowest BCUT2D eigenvalue weighted by molar-refractivity contribution is -0.386. The summed E-state index contributed by atoms with van der Waals surface area (Å²) < 4.78 is 4.99. The van der Waals surface area contributed by atoms with Crippen LogP contribution >= 0.6 is 0 Å². The average Bonchev–Trinajstić information content (AvgIpc) is 2.53. The lowest BCUT2D eigenvalue weighted by Crippen LogP contribution is -2.14. The summed E-state index contributed by atoms with van der Waals surface area (Å²) in [6, 6.07) is 11.9. The Labute approximate surface area is 140 Å². The average molecular weight is 328 g/mol. The van der Waals surface area contributed by atoms with Crippen LogP contribution in [0.5, 0.6) is 5.75 Å². The van der Waals surface area contributed by atoms with Crippen molar-refractivity contribution in [1.29, 1.82) is 0 Å². The normalized spacial score (nSPS) is 10.5. The Morgan fingerprint density at radius 3 is 2.58 bits per heavy atom. The Bertz CT molecular complexity index is 756. The van der Waals surface area contributed by atoms with Gasteiger partial charge in [0.05, 0.1) is 12.0 Å². The Morgan fingerprint density at radius 2 is 1.96 bits per heavy atom. The largest absolute Gasteiger partial charge is 0.490 e. The van der Waals surface area contributed by atoms with Crippen LogP contribution in [0.4, 0.5) is 11.4 Å². The molecule has 0 aliphatic rings. The number of hydrogen-bond donors (Lipinski definition) is 1. The maximum atomic E-state index is 12.5. The number of ether oxygens (including phenoxy) is 1. The molecule has 0 atom stereocenters. The van der Waals surface area contributed by atoms with Crippen LogP contribution in [0.1, 0.15) is 29.8 Å². The van der Waals surface area contributed by atoms with E-state index in [1.165, 1.54) is 19.2 Å². The molecule has 2 aromatic rings. The SMILES string of the molecule is COc1cccc(C(=O)Nc2cccc(CC(C)C)c2)c1[N+](=O)[O-]. The highest BCUT2D eigenvalue weighted by Crippen LogP contribution is 2.31. The molecule has 0 heterocycles. The van der Waals surface area contributed by atoms with Gasteiger partial charge in [0.2, 0.25) is 0 Å². The fourth-order valence-corrected chi connectivity index (χ4v) is 2.50. The predicted molar refractivity (Wildman–Crippen MR) is 92.6 cm³/mol. The van der Waals surface area contributed by atoms with Gasteiger partial charge in [-0.25, -0.2) is 0 Å². The summed E-state index contributed by atoms with van der Waals surface area (Å²) in [6.45, 7) is 4.23. The second kappa shape index (κ2) is 7.59. The first-order valence-corrected chi connectivity index (χ1v) is 7.64. The number of methoxy groups -OCH3 is 1. The van der Waals surface area contributed by atoms with E-state index < -0.39 is 10.8 Å². The van der Waals surface area contributed by atoms with E-state index in [4.69, 9.17) is 4.74 Å². The lowest BCUT2D eigenvalue weighted by atomic mass is 10.0. The van der Waals surface area contributed by atoms with Gasteiger partial charge in [0.15, 0.2) is 5.75 Å². The molecule has 0 bridgehead atoms. The molecule has 0 fully saturated rings. The first-order valence-electron chi connectivity index (χ1n) is 7.64. The first-order chi connectivity index (χ1) is 11.4. The van der Waals surface area contributed by atoms with Crippen LogP contribution in [-0.4, -0.2) is 17.9 Å². The van der Waals surface area contributed by atoms with E-state index in [0.29, 0.717) is 11.6 Å². The van der Waals surface area contributed by atoms with E-state index in [-0.39, 0.29) is 17.0 Å². The standard InChI is InChI=1S/C18H20N2O4/c1-12(2)10-13-6-4-7-14(11-13)19-18(21)15-8-5-9-16(24-3)17(15)20(22)23/h4-9,11-12H,10H2,1-3H3,(H,19,21). The first kappa shape index (κ1) is 17.5. The van der Waals surface area contributed by atoms with E-state index in [1.807, 2.05) is 18.2 Å². The molecule has 6 heteroatoms. The number of nitrogens with one attached hydrogen (secondary N) is 1. The molecule has 0 aliphatic heterocycles. The van der Waals surface area contributed by atoms with Crippen LogP contribution in [0.25, 0.3) is 0 Å². The number of nitro benzene ring substituents is 1. The second-order valence-corrected chi connectivity index (χ2v) is 5.87. The molecule has 6 nitrogen and oxygen atoms in total. The van der Waals surface area contributed by atoms with Crippen molar-refractivity contribution in [3.63, 3.8) is 0 Å². The highest BCUT2D eigenvalue weighted by Gasteiger charge is 2.25. The quantitative estimate of drug-likeness (QED) is 0.640. The van der Waals surface area contributed by atoms with E-state index in [9.17, 15) is 14.9 Å². The van der Waals surface area contributed by atoms with Crippen molar-refractivity contribution >= 4 is 17.3 Å². The fourth-order valence-electron chi connectivity index (χ4n) is 2.50. The van der Waals surface area contributed by atoms with Gasteiger partial charge in [-0.1, -0.05) is 32.0 Å². The Balaban J connectivity index is 2.29. The lowest BCUT2D eigenvalue weighted by Gasteiger charge is -2.10. The molecular formula is C18H20N2O4. The van der Waals surface area contributed by atoms with Crippen molar-refractivity contribution in [3.05, 3.63) is 63.7 Å². The number of carbonyl (C=O) groups excluding carboxylic acids is 1. The number of amides is 1. The van der Waals surface area contributed by atoms with Crippen LogP contribution in [0.2, 0.25) is 0 Å². The zero-order valence-electron chi connectivity index (χ0n) is 13.9. The molecule has 0 saturated heterocycles. The van der Waals surface area contributed by atoms with Crippen molar-refractivity contribution < 1.29 is 14.5 Å². The minimum Gasteiger partial charge on any atom is -0.490 e. The summed E-state index contributed by atoms with van der Waals surface area (Å²) in [5, 5.41) is 14.0. The Hall–Kier alpha value is -2.89. The van der Waals surface area contributed by atoms with Crippen molar-refractivity contribution in [1.82, 2.24) is 0 Å². The molecule has 2 rings (SSSR count). The van der Waals surface area contributed by atoms with Gasteiger partial charge in [-0.15, -0.1) is 0 Å². The van der Waals surface area contributed by atoms with Gasteiger partial charge in [0.25, 0.3) is 5.91 Å². The summed E-state index contributed by atoms with van der Waals surface area (Å²) in [6.07, 6.45) is 0.892. The highest BCUT2D eigenvalue weighted by atomic mass is 16.6. The van der Waals surface area contributed by atoms with Gasteiger partial charge in [0, 0.05) is 5.69 Å². The third-order valence-electron chi connectivity index (χ3n) is 3.47. The topological polar surface area (TPSA) is 81.5 Å². The van der Waals surface area contributed by atoms with Crippen LogP contribution in [0, 0.1) is 16.0 Å². The maximum Gasteiger partial charge on any atom is 0.323 e. The second-order valence-electron chi connectivity index (χ2n) is 5.87. The predicted octanol–water partition coefficient (Wildman–Crippen LogP) is 4.05. The molecule has 24 heavy (non-hydrogen) atoms. The summed E-state index contributed by atoms with van der Waals surface area (Å²) in [5.41, 5.74) is 1.34. The molecule has 0 spiro atoms. The molecule has 0 unspecified atom stereocenters. The molecule has 126 valence electrons. The number of nitrogens with zero attached hydrogens (tertiary/aromatic N) is 1. The molecule has 0 aromatic heterocycles. The number of carbonyl (C=O) groups is 1. The van der Waals surface area contributed by atoms with Crippen LogP contribution < -0.4 is 10.1 Å². The zero-order valence-corrected chi connectivity index (χ0v) is 13.9. The smallest absolute Gasteiger partial charge is 0.323 e. The van der Waals surface area contributed by atoms with Crippen LogP contribution in [0.3, 0.4) is 0 Å². The Morgan fingerprint density at radius 1 is 1.25 bits per heavy atom. The zero-order chi connectivity index (χ0) is 17.7. The summed E-state index contributed by atoms with van der Waals surface area (Å²) in [7, 11) is 1.33. The molecule has 1 amide bonds. The van der Waals surface area contributed by atoms with Crippen LogP contribution in [0.15, 0.2) is 42.5 Å². The number of para-hydroxylation sites is 1. The van der Waals surface area contributed by atoms with Gasteiger partial charge in [-0.3, -0.25) is 14.9 Å². The fraction of sp³-hybridized carbons (Fsp3) is 0.278. The van der Waals surface area contributed by atoms with E-state index in [0.717, 1.165) is 12.0 Å². The van der Waals surface area contributed by atoms with E-state index in [1.54, 1.807) is 12.1 Å². The molecule has 0 radical (unpaired) electrons. The summed E-state index contributed by atoms with van der Waals surface area (Å²) in [4.78, 5) is 23.1. The van der Waals surface area contributed by atoms with Crippen molar-refractivity contribution in [2.24, 2.45) is 5.92 Å². The minimum absolute atomic E-state index is 0.0337. The molecule has 1 N–H and O–H groups in total. The van der Waals surface area contributed by atoms with Crippen molar-refractivity contribution in [3.8, 4) is 5.75 Å². The monoisotopic (exact) mass is 328 g/mol. The molecular weight excluding hydrogens is 308 g/mol. The van der Waals surface area contributed by atoms with E-state index >= 15 is 0 Å². The summed E-state index contributed by atoms with van der Waals surface area (Å²) >= 11 is 0. The third kappa shape index (κ3) is 4.10.